The second-order valence-electron chi connectivity index (χ2n) is 5.95. The van der Waals surface area contributed by atoms with Crippen molar-refractivity contribution in [2.24, 2.45) is 0 Å². The third-order valence-electron chi connectivity index (χ3n) is 4.10. The van der Waals surface area contributed by atoms with Gasteiger partial charge in [0.1, 0.15) is 15.4 Å². The molecule has 24 heavy (non-hydrogen) atoms. The average molecular weight is 366 g/mol. The van der Waals surface area contributed by atoms with Crippen molar-refractivity contribution < 1.29 is 26.5 Å². The van der Waals surface area contributed by atoms with Crippen molar-refractivity contribution in [1.82, 2.24) is 0 Å². The highest BCUT2D eigenvalue weighted by Crippen LogP contribution is 2.38. The van der Waals surface area contributed by atoms with Crippen molar-refractivity contribution in [1.29, 1.82) is 0 Å². The zero-order valence-corrected chi connectivity index (χ0v) is 13.7. The van der Waals surface area contributed by atoms with E-state index in [1.165, 1.54) is 6.07 Å². The maximum atomic E-state index is 13.0. The standard InChI is InChI=1S/C14H17F3N2O4S/c1-24(22,23)11-4-2-3-9(7-11)18-10-5-6-13(19(20)21)12(8-10)14(15,16)17/h5-6,8-9,11,18H,2-4,7H2,1H3. The molecule has 0 bridgehead atoms. The minimum absolute atomic E-state index is 0.0899. The SMILES string of the molecule is CS(=O)(=O)C1CCCC(Nc2ccc([N+](=O)[O-])c(C(F)(F)F)c2)C1. The van der Waals surface area contributed by atoms with Crippen molar-refractivity contribution >= 4 is 21.2 Å². The van der Waals surface area contributed by atoms with Gasteiger partial charge in [-0.3, -0.25) is 10.1 Å². The zero-order chi connectivity index (χ0) is 18.1. The number of benzene rings is 1. The number of nitrogens with one attached hydrogen (secondary N) is 1. The quantitative estimate of drug-likeness (QED) is 0.652. The van der Waals surface area contributed by atoms with Gasteiger partial charge in [-0.25, -0.2) is 8.42 Å². The van der Waals surface area contributed by atoms with E-state index in [9.17, 15) is 31.7 Å². The van der Waals surface area contributed by atoms with Gasteiger partial charge >= 0.3 is 6.18 Å². The van der Waals surface area contributed by atoms with E-state index in [0.29, 0.717) is 31.7 Å². The molecule has 1 aromatic rings. The molecule has 2 unspecified atom stereocenters. The first kappa shape index (κ1) is 18.5. The van der Waals surface area contributed by atoms with Gasteiger partial charge in [0.25, 0.3) is 5.69 Å². The fourth-order valence-electron chi connectivity index (χ4n) is 2.91. The van der Waals surface area contributed by atoms with Gasteiger partial charge in [0, 0.05) is 24.1 Å². The lowest BCUT2D eigenvalue weighted by Gasteiger charge is -2.29. The molecule has 0 heterocycles. The number of anilines is 1. The third kappa shape index (κ3) is 4.37. The van der Waals surface area contributed by atoms with Crippen LogP contribution in [0.25, 0.3) is 0 Å². The molecule has 0 aromatic heterocycles. The molecule has 134 valence electrons. The summed E-state index contributed by atoms with van der Waals surface area (Å²) in [6.07, 6.45) is -1.59. The number of hydrogen-bond acceptors (Lipinski definition) is 5. The second-order valence-corrected chi connectivity index (χ2v) is 8.27. The van der Waals surface area contributed by atoms with E-state index in [1.54, 1.807) is 0 Å². The van der Waals surface area contributed by atoms with Crippen LogP contribution < -0.4 is 5.32 Å². The molecule has 2 atom stereocenters. The number of sulfone groups is 1. The van der Waals surface area contributed by atoms with Crippen LogP contribution in [0.4, 0.5) is 24.5 Å². The molecule has 0 radical (unpaired) electrons. The summed E-state index contributed by atoms with van der Waals surface area (Å²) in [6, 6.07) is 2.42. The van der Waals surface area contributed by atoms with Crippen LogP contribution in [-0.4, -0.2) is 30.9 Å². The van der Waals surface area contributed by atoms with Crippen LogP contribution in [0.1, 0.15) is 31.2 Å². The first-order chi connectivity index (χ1) is 11.0. The number of alkyl halides is 3. The number of hydrogen-bond donors (Lipinski definition) is 1. The van der Waals surface area contributed by atoms with Crippen LogP contribution in [0.5, 0.6) is 0 Å². The maximum absolute atomic E-state index is 13.0. The summed E-state index contributed by atoms with van der Waals surface area (Å²) in [5.74, 6) is 0. The summed E-state index contributed by atoms with van der Waals surface area (Å²) in [5.41, 5.74) is -2.24. The van der Waals surface area contributed by atoms with Gasteiger partial charge in [-0.05, 0) is 31.4 Å². The van der Waals surface area contributed by atoms with Gasteiger partial charge in [-0.15, -0.1) is 0 Å². The lowest BCUT2D eigenvalue weighted by molar-refractivity contribution is -0.388. The van der Waals surface area contributed by atoms with E-state index >= 15 is 0 Å². The van der Waals surface area contributed by atoms with Gasteiger partial charge in [-0.1, -0.05) is 6.42 Å². The summed E-state index contributed by atoms with van der Waals surface area (Å²) in [5, 5.41) is 13.1. The Morgan fingerprint density at radius 3 is 2.50 bits per heavy atom. The molecule has 6 nitrogen and oxygen atoms in total. The topological polar surface area (TPSA) is 89.3 Å². The average Bonchev–Trinajstić information content (AvgIpc) is 2.45. The zero-order valence-electron chi connectivity index (χ0n) is 12.8. The van der Waals surface area contributed by atoms with E-state index in [2.05, 4.69) is 5.32 Å². The Balaban J connectivity index is 2.23. The van der Waals surface area contributed by atoms with E-state index in [4.69, 9.17) is 0 Å². The summed E-state index contributed by atoms with van der Waals surface area (Å²) < 4.78 is 62.2. The van der Waals surface area contributed by atoms with Gasteiger partial charge in [-0.2, -0.15) is 13.2 Å². The van der Waals surface area contributed by atoms with Crippen LogP contribution in [0, 0.1) is 10.1 Å². The lowest BCUT2D eigenvalue weighted by atomic mass is 9.94. The van der Waals surface area contributed by atoms with Crippen LogP contribution in [-0.2, 0) is 16.0 Å². The Labute approximate surface area is 137 Å². The van der Waals surface area contributed by atoms with E-state index < -0.39 is 37.4 Å². The normalized spacial score (nSPS) is 22.2. The molecule has 1 aliphatic rings. The van der Waals surface area contributed by atoms with Crippen molar-refractivity contribution in [2.45, 2.75) is 43.2 Å². The summed E-state index contributed by atoms with van der Waals surface area (Å²) in [4.78, 5) is 9.67. The Bertz CT molecular complexity index is 734. The molecular formula is C14H17F3N2O4S. The molecule has 0 aliphatic heterocycles. The molecule has 1 aromatic carbocycles. The van der Waals surface area contributed by atoms with Crippen molar-refractivity contribution in [3.05, 3.63) is 33.9 Å². The van der Waals surface area contributed by atoms with Crippen molar-refractivity contribution in [3.63, 3.8) is 0 Å². The highest BCUT2D eigenvalue weighted by Gasteiger charge is 2.38. The number of nitrogens with zero attached hydrogens (tertiary/aromatic N) is 1. The van der Waals surface area contributed by atoms with Crippen LogP contribution in [0.15, 0.2) is 18.2 Å². The van der Waals surface area contributed by atoms with Crippen molar-refractivity contribution in [3.8, 4) is 0 Å². The van der Waals surface area contributed by atoms with Gasteiger partial charge in [0.15, 0.2) is 0 Å². The first-order valence-electron chi connectivity index (χ1n) is 7.29. The van der Waals surface area contributed by atoms with Gasteiger partial charge in [0.05, 0.1) is 10.2 Å². The predicted octanol–water partition coefficient (Wildman–Crippen LogP) is 3.38. The number of nitro benzene ring substituents is 1. The van der Waals surface area contributed by atoms with Gasteiger partial charge in [0.2, 0.25) is 0 Å². The highest BCUT2D eigenvalue weighted by atomic mass is 32.2. The highest BCUT2D eigenvalue weighted by molar-refractivity contribution is 7.91. The first-order valence-corrected chi connectivity index (χ1v) is 9.25. The summed E-state index contributed by atoms with van der Waals surface area (Å²) >= 11 is 0. The van der Waals surface area contributed by atoms with Crippen molar-refractivity contribution in [2.75, 3.05) is 11.6 Å². The largest absolute Gasteiger partial charge is 0.423 e. The van der Waals surface area contributed by atoms with Crippen LogP contribution in [0.2, 0.25) is 0 Å². The molecule has 2 rings (SSSR count). The molecule has 1 N–H and O–H groups in total. The third-order valence-corrected chi connectivity index (χ3v) is 5.74. The molecule has 0 spiro atoms. The Hall–Kier alpha value is -1.84. The summed E-state index contributed by atoms with van der Waals surface area (Å²) in [6.45, 7) is 0. The maximum Gasteiger partial charge on any atom is 0.423 e. The molecule has 0 saturated heterocycles. The van der Waals surface area contributed by atoms with E-state index in [1.807, 2.05) is 0 Å². The Kier molecular flexibility index (Phi) is 5.07. The fraction of sp³-hybridized carbons (Fsp3) is 0.571. The number of rotatable bonds is 4. The molecule has 1 aliphatic carbocycles. The lowest BCUT2D eigenvalue weighted by Crippen LogP contribution is -2.34. The molecule has 0 amide bonds. The minimum Gasteiger partial charge on any atom is -0.382 e. The monoisotopic (exact) mass is 366 g/mol. The predicted molar refractivity (Wildman–Crippen MR) is 82.6 cm³/mol. The van der Waals surface area contributed by atoms with Crippen LogP contribution >= 0.6 is 0 Å². The Morgan fingerprint density at radius 1 is 1.29 bits per heavy atom. The molecule has 10 heteroatoms. The molecule has 1 saturated carbocycles. The second kappa shape index (κ2) is 6.58. The minimum atomic E-state index is -4.85. The smallest absolute Gasteiger partial charge is 0.382 e. The van der Waals surface area contributed by atoms with E-state index in [-0.39, 0.29) is 11.7 Å². The van der Waals surface area contributed by atoms with E-state index in [0.717, 1.165) is 12.3 Å². The van der Waals surface area contributed by atoms with Gasteiger partial charge < -0.3 is 5.32 Å². The molecule has 1 fully saturated rings. The number of nitro groups is 1. The molecular weight excluding hydrogens is 349 g/mol. The number of halogens is 3. The Morgan fingerprint density at radius 2 is 1.96 bits per heavy atom. The summed E-state index contributed by atoms with van der Waals surface area (Å²) in [7, 11) is -3.21. The fourth-order valence-corrected chi connectivity index (χ4v) is 4.09. The van der Waals surface area contributed by atoms with Crippen LogP contribution in [0.3, 0.4) is 0 Å².